The van der Waals surface area contributed by atoms with E-state index in [0.717, 1.165) is 0 Å². The minimum absolute atomic E-state index is 0.0120. The molecule has 18 heavy (non-hydrogen) atoms. The Morgan fingerprint density at radius 3 is 2.33 bits per heavy atom. The highest BCUT2D eigenvalue weighted by atomic mass is 19.3. The molecule has 0 aromatic heterocycles. The molecule has 2 rings (SSSR count). The Morgan fingerprint density at radius 2 is 1.94 bits per heavy atom. The van der Waals surface area contributed by atoms with E-state index in [-0.39, 0.29) is 11.8 Å². The molecule has 1 aromatic rings. The summed E-state index contributed by atoms with van der Waals surface area (Å²) in [7, 11) is 0. The van der Waals surface area contributed by atoms with Crippen LogP contribution in [0.25, 0.3) is 0 Å². The molecule has 1 aliphatic rings. The van der Waals surface area contributed by atoms with E-state index in [2.05, 4.69) is 4.74 Å². The Morgan fingerprint density at radius 1 is 1.39 bits per heavy atom. The van der Waals surface area contributed by atoms with Gasteiger partial charge in [-0.3, -0.25) is 4.79 Å². The molecule has 1 fully saturated rings. The van der Waals surface area contributed by atoms with Crippen molar-refractivity contribution >= 4 is 5.97 Å². The lowest BCUT2D eigenvalue weighted by molar-refractivity contribution is -0.148. The van der Waals surface area contributed by atoms with Crippen molar-refractivity contribution in [2.24, 2.45) is 5.73 Å². The second-order valence-corrected chi connectivity index (χ2v) is 4.46. The lowest BCUT2D eigenvalue weighted by Gasteiger charge is -2.43. The van der Waals surface area contributed by atoms with Crippen molar-refractivity contribution in [3.05, 3.63) is 29.8 Å². The molecule has 0 unspecified atom stereocenters. The number of halogens is 2. The summed E-state index contributed by atoms with van der Waals surface area (Å²) < 4.78 is 28.2. The van der Waals surface area contributed by atoms with Gasteiger partial charge < -0.3 is 15.6 Å². The third-order valence-electron chi connectivity index (χ3n) is 3.26. The van der Waals surface area contributed by atoms with Crippen molar-refractivity contribution in [1.29, 1.82) is 0 Å². The number of hydrogen-bond donors (Lipinski definition) is 2. The molecule has 0 saturated heterocycles. The number of carbonyl (C=O) groups is 1. The summed E-state index contributed by atoms with van der Waals surface area (Å²) in [5, 5.41) is 9.26. The zero-order valence-corrected chi connectivity index (χ0v) is 9.48. The van der Waals surface area contributed by atoms with E-state index in [1.54, 1.807) is 0 Å². The molecule has 1 aliphatic carbocycles. The first-order chi connectivity index (χ1) is 8.44. The molecule has 1 saturated carbocycles. The van der Waals surface area contributed by atoms with Gasteiger partial charge in [-0.05, 0) is 30.5 Å². The fraction of sp³-hybridized carbons (Fsp3) is 0.417. The Bertz CT molecular complexity index is 441. The average Bonchev–Trinajstić information content (AvgIpc) is 2.24. The first-order valence-corrected chi connectivity index (χ1v) is 5.48. The van der Waals surface area contributed by atoms with Crippen LogP contribution in [0.15, 0.2) is 24.3 Å². The van der Waals surface area contributed by atoms with Crippen LogP contribution in [-0.2, 0) is 10.2 Å². The average molecular weight is 257 g/mol. The zero-order valence-electron chi connectivity index (χ0n) is 9.48. The molecular formula is C12H13F2NO3. The van der Waals surface area contributed by atoms with Crippen molar-refractivity contribution in [3.8, 4) is 5.75 Å². The van der Waals surface area contributed by atoms with E-state index in [0.29, 0.717) is 18.4 Å². The van der Waals surface area contributed by atoms with E-state index in [4.69, 9.17) is 5.73 Å². The molecule has 4 nitrogen and oxygen atoms in total. The van der Waals surface area contributed by atoms with Gasteiger partial charge in [-0.25, -0.2) is 0 Å². The van der Waals surface area contributed by atoms with Crippen molar-refractivity contribution in [2.75, 3.05) is 0 Å². The lowest BCUT2D eigenvalue weighted by Crippen LogP contribution is -2.54. The Hall–Kier alpha value is -1.69. The molecule has 0 bridgehead atoms. The van der Waals surface area contributed by atoms with E-state index in [9.17, 15) is 18.7 Å². The summed E-state index contributed by atoms with van der Waals surface area (Å²) >= 11 is 0. The number of hydrogen-bond acceptors (Lipinski definition) is 3. The molecule has 0 radical (unpaired) electrons. The number of nitrogens with two attached hydrogens (primary N) is 1. The fourth-order valence-electron chi connectivity index (χ4n) is 2.32. The van der Waals surface area contributed by atoms with Crippen molar-refractivity contribution in [1.82, 2.24) is 0 Å². The molecule has 6 heteroatoms. The maximum Gasteiger partial charge on any atom is 0.387 e. The normalized spacial score (nSPS) is 26.8. The molecule has 3 N–H and O–H groups in total. The van der Waals surface area contributed by atoms with Gasteiger partial charge in [0.05, 0.1) is 5.41 Å². The van der Waals surface area contributed by atoms with Crippen LogP contribution in [0.4, 0.5) is 8.78 Å². The standard InChI is InChI=1S/C12H13F2NO3/c13-11(14)18-9-3-1-7(2-4-9)12(10(16)17)5-8(15)6-12/h1-4,8,11H,5-6,15H2,(H,16,17). The van der Waals surface area contributed by atoms with Gasteiger partial charge in [-0.2, -0.15) is 8.78 Å². The van der Waals surface area contributed by atoms with E-state index in [1.807, 2.05) is 0 Å². The van der Waals surface area contributed by atoms with E-state index < -0.39 is 18.0 Å². The number of aliphatic carboxylic acids is 1. The van der Waals surface area contributed by atoms with Gasteiger partial charge >= 0.3 is 12.6 Å². The number of carboxylic acids is 1. The van der Waals surface area contributed by atoms with Gasteiger partial charge in [0.15, 0.2) is 0 Å². The Labute approximate surface area is 102 Å². The third-order valence-corrected chi connectivity index (χ3v) is 3.26. The molecule has 0 atom stereocenters. The fourth-order valence-corrected chi connectivity index (χ4v) is 2.32. The van der Waals surface area contributed by atoms with Crippen LogP contribution in [0, 0.1) is 0 Å². The van der Waals surface area contributed by atoms with Crippen LogP contribution in [-0.4, -0.2) is 23.7 Å². The van der Waals surface area contributed by atoms with Crippen LogP contribution in [0.3, 0.4) is 0 Å². The van der Waals surface area contributed by atoms with Gasteiger partial charge in [0.2, 0.25) is 0 Å². The van der Waals surface area contributed by atoms with Crippen LogP contribution in [0.5, 0.6) is 5.75 Å². The summed E-state index contributed by atoms with van der Waals surface area (Å²) in [5.74, 6) is -0.926. The van der Waals surface area contributed by atoms with E-state index in [1.165, 1.54) is 24.3 Å². The minimum Gasteiger partial charge on any atom is -0.481 e. The smallest absolute Gasteiger partial charge is 0.387 e. The molecule has 0 aliphatic heterocycles. The topological polar surface area (TPSA) is 72.6 Å². The molecule has 0 amide bonds. The predicted molar refractivity (Wildman–Crippen MR) is 59.6 cm³/mol. The van der Waals surface area contributed by atoms with Crippen molar-refractivity contribution < 1.29 is 23.4 Å². The number of alkyl halides is 2. The highest BCUT2D eigenvalue weighted by Gasteiger charge is 2.50. The first kappa shape index (κ1) is 12.8. The predicted octanol–water partition coefficient (Wildman–Crippen LogP) is 1.73. The largest absolute Gasteiger partial charge is 0.481 e. The van der Waals surface area contributed by atoms with Gasteiger partial charge in [0.25, 0.3) is 0 Å². The lowest BCUT2D eigenvalue weighted by atomic mass is 9.62. The second kappa shape index (κ2) is 4.53. The summed E-state index contributed by atoms with van der Waals surface area (Å²) in [4.78, 5) is 11.3. The molecule has 1 aromatic carbocycles. The Kier molecular flexibility index (Phi) is 3.21. The number of carboxylic acid groups (broad SMARTS) is 1. The van der Waals surface area contributed by atoms with Gasteiger partial charge in [0.1, 0.15) is 5.75 Å². The maximum absolute atomic E-state index is 12.0. The third kappa shape index (κ3) is 2.15. The van der Waals surface area contributed by atoms with Crippen LogP contribution >= 0.6 is 0 Å². The first-order valence-electron chi connectivity index (χ1n) is 5.48. The number of ether oxygens (including phenoxy) is 1. The molecule has 0 heterocycles. The maximum atomic E-state index is 12.0. The van der Waals surface area contributed by atoms with Crippen molar-refractivity contribution in [3.63, 3.8) is 0 Å². The Balaban J connectivity index is 2.20. The summed E-state index contributed by atoms with van der Waals surface area (Å²) in [5.41, 5.74) is 5.22. The molecule has 98 valence electrons. The summed E-state index contributed by atoms with van der Waals surface area (Å²) in [6.45, 7) is -2.89. The van der Waals surface area contributed by atoms with Crippen LogP contribution in [0.2, 0.25) is 0 Å². The minimum atomic E-state index is -2.89. The van der Waals surface area contributed by atoms with Crippen LogP contribution in [0.1, 0.15) is 18.4 Å². The molecular weight excluding hydrogens is 244 g/mol. The summed E-state index contributed by atoms with van der Waals surface area (Å²) in [6.07, 6.45) is 0.717. The van der Waals surface area contributed by atoms with Gasteiger partial charge in [-0.1, -0.05) is 12.1 Å². The van der Waals surface area contributed by atoms with Gasteiger partial charge in [0, 0.05) is 6.04 Å². The highest BCUT2D eigenvalue weighted by Crippen LogP contribution is 2.43. The van der Waals surface area contributed by atoms with Gasteiger partial charge in [-0.15, -0.1) is 0 Å². The van der Waals surface area contributed by atoms with Crippen molar-refractivity contribution in [2.45, 2.75) is 30.9 Å². The SMILES string of the molecule is NC1CC(C(=O)O)(c2ccc(OC(F)F)cc2)C1. The van der Waals surface area contributed by atoms with Crippen LogP contribution < -0.4 is 10.5 Å². The highest BCUT2D eigenvalue weighted by molar-refractivity contribution is 5.83. The monoisotopic (exact) mass is 257 g/mol. The number of benzene rings is 1. The zero-order chi connectivity index (χ0) is 13.3. The second-order valence-electron chi connectivity index (χ2n) is 4.46. The quantitative estimate of drug-likeness (QED) is 0.861. The molecule has 0 spiro atoms. The summed E-state index contributed by atoms with van der Waals surface area (Å²) in [6, 6.07) is 5.56. The van der Waals surface area contributed by atoms with E-state index >= 15 is 0 Å². The number of rotatable bonds is 4.